The number of carbonyl (C=O) groups is 1. The SMILES string of the molecule is CCS(=O)(=O)[C@H]1C[C@@H](Oc2ncc([C@@H](N)C3CC3)c3cc(Nc4ccc5c(n4)[C@@H](C)C(C)(C)OC5=O)ncc23)C1. The molecule has 10 nitrogen and oxygen atoms in total. The molecule has 3 N–H and O–H groups in total. The Labute approximate surface area is 234 Å². The van der Waals surface area contributed by atoms with E-state index in [-0.39, 0.29) is 35.0 Å². The number of nitrogens with zero attached hydrogens (tertiary/aromatic N) is 3. The Morgan fingerprint density at radius 2 is 1.90 bits per heavy atom. The summed E-state index contributed by atoms with van der Waals surface area (Å²) in [5, 5.41) is 4.55. The van der Waals surface area contributed by atoms with Crippen molar-refractivity contribution < 1.29 is 22.7 Å². The number of fused-ring (bicyclic) bond motifs is 2. The summed E-state index contributed by atoms with van der Waals surface area (Å²) in [5.41, 5.74) is 8.05. The topological polar surface area (TPSA) is 146 Å². The van der Waals surface area contributed by atoms with Crippen LogP contribution in [-0.4, -0.2) is 52.0 Å². The summed E-state index contributed by atoms with van der Waals surface area (Å²) in [5.74, 6) is 1.67. The number of nitrogens with one attached hydrogen (secondary N) is 1. The second-order valence-corrected chi connectivity index (χ2v) is 14.3. The predicted molar refractivity (Wildman–Crippen MR) is 152 cm³/mol. The summed E-state index contributed by atoms with van der Waals surface area (Å²) >= 11 is 0. The van der Waals surface area contributed by atoms with E-state index in [2.05, 4.69) is 15.3 Å². The molecule has 0 saturated heterocycles. The second kappa shape index (κ2) is 9.66. The highest BCUT2D eigenvalue weighted by Gasteiger charge is 2.41. The smallest absolute Gasteiger partial charge is 0.340 e. The Morgan fingerprint density at radius 3 is 2.60 bits per heavy atom. The van der Waals surface area contributed by atoms with Crippen molar-refractivity contribution in [3.8, 4) is 5.88 Å². The van der Waals surface area contributed by atoms with Gasteiger partial charge in [-0.25, -0.2) is 28.2 Å². The van der Waals surface area contributed by atoms with Crippen LogP contribution in [0.2, 0.25) is 0 Å². The minimum atomic E-state index is -3.07. The van der Waals surface area contributed by atoms with Gasteiger partial charge in [0.15, 0.2) is 9.84 Å². The fourth-order valence-corrected chi connectivity index (χ4v) is 6.95. The van der Waals surface area contributed by atoms with Gasteiger partial charge in [-0.3, -0.25) is 0 Å². The van der Waals surface area contributed by atoms with Gasteiger partial charge in [0, 0.05) is 42.9 Å². The maximum atomic E-state index is 12.5. The molecule has 6 rings (SSSR count). The van der Waals surface area contributed by atoms with Crippen LogP contribution in [0.3, 0.4) is 0 Å². The molecular weight excluding hydrogens is 530 g/mol. The van der Waals surface area contributed by atoms with E-state index in [0.29, 0.717) is 47.5 Å². The molecule has 212 valence electrons. The number of pyridine rings is 3. The number of anilines is 2. The quantitative estimate of drug-likeness (QED) is 0.372. The monoisotopic (exact) mass is 565 g/mol. The van der Waals surface area contributed by atoms with Crippen LogP contribution < -0.4 is 15.8 Å². The average molecular weight is 566 g/mol. The van der Waals surface area contributed by atoms with Gasteiger partial charge in [0.1, 0.15) is 23.3 Å². The number of rotatable bonds is 8. The third-order valence-electron chi connectivity index (χ3n) is 8.70. The van der Waals surface area contributed by atoms with E-state index in [1.165, 1.54) is 0 Å². The van der Waals surface area contributed by atoms with Gasteiger partial charge in [0.2, 0.25) is 5.88 Å². The summed E-state index contributed by atoms with van der Waals surface area (Å²) in [7, 11) is -3.07. The van der Waals surface area contributed by atoms with E-state index >= 15 is 0 Å². The molecule has 0 spiro atoms. The zero-order valence-corrected chi connectivity index (χ0v) is 24.0. The standard InChI is InChI=1S/C29H35N5O5S/c1-5-40(36,37)18-10-17(11-18)38-27-22-14-31-24(12-20(22)21(13-32-27)25(30)16-6-7-16)33-23-9-8-19-26(34-23)15(2)29(3,4)39-28(19)35/h8-9,12-18,25H,5-7,10-11,30H2,1-4H3,(H,31,33,34)/t15-,17-,18+,25+/m1/s1. The van der Waals surface area contributed by atoms with Crippen molar-refractivity contribution >= 4 is 38.2 Å². The largest absolute Gasteiger partial charge is 0.474 e. The number of hydrogen-bond acceptors (Lipinski definition) is 10. The van der Waals surface area contributed by atoms with Gasteiger partial charge in [-0.15, -0.1) is 0 Å². The van der Waals surface area contributed by atoms with Crippen LogP contribution in [0.25, 0.3) is 10.8 Å². The number of nitrogens with two attached hydrogens (primary N) is 1. The third kappa shape index (κ3) is 4.79. The molecular formula is C29H35N5O5S. The minimum Gasteiger partial charge on any atom is -0.474 e. The van der Waals surface area contributed by atoms with E-state index in [1.807, 2.05) is 26.8 Å². The van der Waals surface area contributed by atoms with Crippen molar-refractivity contribution in [2.24, 2.45) is 11.7 Å². The van der Waals surface area contributed by atoms with E-state index in [9.17, 15) is 13.2 Å². The zero-order valence-electron chi connectivity index (χ0n) is 23.2. The third-order valence-corrected chi connectivity index (χ3v) is 10.9. The molecule has 0 amide bonds. The first-order valence-corrected chi connectivity index (χ1v) is 15.6. The Morgan fingerprint density at radius 1 is 1.15 bits per heavy atom. The van der Waals surface area contributed by atoms with Gasteiger partial charge in [-0.1, -0.05) is 13.8 Å². The first-order chi connectivity index (χ1) is 19.0. The molecule has 2 saturated carbocycles. The number of esters is 1. The fraction of sp³-hybridized carbons (Fsp3) is 0.517. The average Bonchev–Trinajstić information content (AvgIpc) is 3.74. The lowest BCUT2D eigenvalue weighted by Gasteiger charge is -2.36. The molecule has 0 unspecified atom stereocenters. The minimum absolute atomic E-state index is 0.0844. The van der Waals surface area contributed by atoms with Crippen LogP contribution in [0, 0.1) is 5.92 Å². The van der Waals surface area contributed by atoms with E-state index in [4.69, 9.17) is 20.2 Å². The van der Waals surface area contributed by atoms with Crippen molar-refractivity contribution in [2.45, 2.75) is 82.3 Å². The Balaban J connectivity index is 1.30. The van der Waals surface area contributed by atoms with Gasteiger partial charge < -0.3 is 20.5 Å². The number of carbonyl (C=O) groups excluding carboxylic acids is 1. The van der Waals surface area contributed by atoms with Gasteiger partial charge in [-0.05, 0) is 61.8 Å². The van der Waals surface area contributed by atoms with Crippen LogP contribution in [0.4, 0.5) is 11.6 Å². The highest BCUT2D eigenvalue weighted by molar-refractivity contribution is 7.92. The van der Waals surface area contributed by atoms with Gasteiger partial charge in [0.05, 0.1) is 21.9 Å². The molecule has 11 heteroatoms. The normalized spacial score (nSPS) is 24.5. The maximum Gasteiger partial charge on any atom is 0.340 e. The molecule has 0 radical (unpaired) electrons. The summed E-state index contributed by atoms with van der Waals surface area (Å²) in [4.78, 5) is 26.5. The molecule has 2 fully saturated rings. The molecule has 0 aromatic carbocycles. The summed E-state index contributed by atoms with van der Waals surface area (Å²) in [6.45, 7) is 7.44. The molecule has 0 bridgehead atoms. The first kappa shape index (κ1) is 26.9. The summed E-state index contributed by atoms with van der Waals surface area (Å²) in [6, 6.07) is 5.24. The van der Waals surface area contributed by atoms with Crippen LogP contribution in [-0.2, 0) is 14.6 Å². The van der Waals surface area contributed by atoms with Crippen molar-refractivity contribution in [1.29, 1.82) is 0 Å². The molecule has 2 atom stereocenters. The van der Waals surface area contributed by atoms with Crippen molar-refractivity contribution in [3.63, 3.8) is 0 Å². The number of aromatic nitrogens is 3. The maximum absolute atomic E-state index is 12.5. The molecule has 1 aliphatic heterocycles. The van der Waals surface area contributed by atoms with Crippen molar-refractivity contribution in [3.05, 3.63) is 47.4 Å². The second-order valence-electron chi connectivity index (χ2n) is 11.8. The van der Waals surface area contributed by atoms with Crippen LogP contribution in [0.5, 0.6) is 5.88 Å². The van der Waals surface area contributed by atoms with Crippen LogP contribution in [0.1, 0.15) is 87.0 Å². The number of cyclic esters (lactones) is 1. The molecule has 40 heavy (non-hydrogen) atoms. The lowest BCUT2D eigenvalue weighted by molar-refractivity contribution is -0.0189. The van der Waals surface area contributed by atoms with E-state index in [0.717, 1.165) is 29.2 Å². The number of ether oxygens (including phenoxy) is 2. The van der Waals surface area contributed by atoms with Gasteiger partial charge in [-0.2, -0.15) is 0 Å². The Hall–Kier alpha value is -3.31. The number of hydrogen-bond donors (Lipinski definition) is 2. The van der Waals surface area contributed by atoms with E-state index < -0.39 is 15.4 Å². The molecule has 3 aromatic heterocycles. The predicted octanol–water partition coefficient (Wildman–Crippen LogP) is 4.58. The van der Waals surface area contributed by atoms with Crippen LogP contribution >= 0.6 is 0 Å². The molecule has 4 heterocycles. The summed E-state index contributed by atoms with van der Waals surface area (Å²) < 4.78 is 36.1. The van der Waals surface area contributed by atoms with Crippen molar-refractivity contribution in [1.82, 2.24) is 15.0 Å². The highest BCUT2D eigenvalue weighted by atomic mass is 32.2. The first-order valence-electron chi connectivity index (χ1n) is 13.9. The van der Waals surface area contributed by atoms with Gasteiger partial charge in [0.25, 0.3) is 0 Å². The fourth-order valence-electron chi connectivity index (χ4n) is 5.46. The molecule has 3 aliphatic rings. The van der Waals surface area contributed by atoms with Crippen LogP contribution in [0.15, 0.2) is 30.6 Å². The molecule has 3 aromatic rings. The molecule has 2 aliphatic carbocycles. The van der Waals surface area contributed by atoms with Crippen molar-refractivity contribution in [2.75, 3.05) is 11.1 Å². The zero-order chi connectivity index (χ0) is 28.4. The van der Waals surface area contributed by atoms with Gasteiger partial charge >= 0.3 is 5.97 Å². The lowest BCUT2D eigenvalue weighted by Crippen LogP contribution is -2.43. The highest BCUT2D eigenvalue weighted by Crippen LogP contribution is 2.43. The summed E-state index contributed by atoms with van der Waals surface area (Å²) in [6.07, 6.45) is 6.37. The van der Waals surface area contributed by atoms with E-state index in [1.54, 1.807) is 31.5 Å². The Kier molecular flexibility index (Phi) is 6.49. The Bertz CT molecular complexity index is 1600. The number of sulfone groups is 1. The lowest BCUT2D eigenvalue weighted by atomic mass is 9.84.